The Morgan fingerprint density at radius 1 is 0.636 bits per heavy atom. The molecule has 0 heterocycles. The molecule has 3 aliphatic rings. The molecule has 0 aromatic heterocycles. The van der Waals surface area contributed by atoms with E-state index in [0.717, 1.165) is 5.92 Å². The molecule has 3 rings (SSSR count). The molecule has 0 amide bonds. The van der Waals surface area contributed by atoms with Crippen molar-refractivity contribution in [1.29, 1.82) is 0 Å². The van der Waals surface area contributed by atoms with Crippen LogP contribution in [0.25, 0.3) is 0 Å². The van der Waals surface area contributed by atoms with Crippen LogP contribution in [-0.4, -0.2) is 0 Å². The lowest BCUT2D eigenvalue weighted by atomic mass is 9.66. The Labute approximate surface area is 69.4 Å². The van der Waals surface area contributed by atoms with Crippen LogP contribution in [0.4, 0.5) is 0 Å². The van der Waals surface area contributed by atoms with Gasteiger partial charge in [0.25, 0.3) is 0 Å². The van der Waals surface area contributed by atoms with E-state index in [1.807, 2.05) is 0 Å². The fourth-order valence-corrected chi connectivity index (χ4v) is 3.79. The van der Waals surface area contributed by atoms with E-state index >= 15 is 0 Å². The zero-order valence-electron chi connectivity index (χ0n) is 7.26. The van der Waals surface area contributed by atoms with Gasteiger partial charge in [0.15, 0.2) is 0 Å². The molecule has 3 fully saturated rings. The summed E-state index contributed by atoms with van der Waals surface area (Å²) in [5.74, 6) is 4.72. The van der Waals surface area contributed by atoms with Gasteiger partial charge in [0.1, 0.15) is 0 Å². The number of rotatable bonds is 0. The predicted octanol–water partition coefficient (Wildman–Crippen LogP) is 3.22. The second-order valence-corrected chi connectivity index (χ2v) is 5.02. The lowest BCUT2D eigenvalue weighted by Gasteiger charge is -2.40. The minimum atomic E-state index is 1.16. The third kappa shape index (κ3) is 0.878. The van der Waals surface area contributed by atoms with Crippen LogP contribution in [0.2, 0.25) is 0 Å². The molecule has 2 bridgehead atoms. The molecule has 0 aromatic carbocycles. The molecule has 3 aliphatic carbocycles. The fourth-order valence-electron chi connectivity index (χ4n) is 3.79. The summed E-state index contributed by atoms with van der Waals surface area (Å²) in [6.45, 7) is 0. The van der Waals surface area contributed by atoms with Crippen molar-refractivity contribution in [3.63, 3.8) is 0 Å². The van der Waals surface area contributed by atoms with Crippen molar-refractivity contribution in [2.24, 2.45) is 23.7 Å². The first-order chi connectivity index (χ1) is 5.43. The van der Waals surface area contributed by atoms with E-state index in [1.165, 1.54) is 17.8 Å². The maximum atomic E-state index is 1.61. The number of fused-ring (bicyclic) bond motifs is 4. The molecule has 0 heteroatoms. The molecule has 0 nitrogen and oxygen atoms in total. The molecule has 0 aromatic rings. The largest absolute Gasteiger partial charge is 0.0502 e. The maximum absolute atomic E-state index is 1.61. The van der Waals surface area contributed by atoms with Crippen molar-refractivity contribution in [3.8, 4) is 0 Å². The van der Waals surface area contributed by atoms with Gasteiger partial charge in [-0.25, -0.2) is 0 Å². The first kappa shape index (κ1) is 6.51. The summed E-state index contributed by atoms with van der Waals surface area (Å²) in [5, 5.41) is 0. The quantitative estimate of drug-likeness (QED) is 0.497. The standard InChI is InChI=1S/C11H18/c1-3-9-5-6-11(9)10-4-2-8(1)7-10/h8-11H,1-7H2. The van der Waals surface area contributed by atoms with Gasteiger partial charge in [0, 0.05) is 0 Å². The van der Waals surface area contributed by atoms with Gasteiger partial charge < -0.3 is 0 Å². The second-order valence-electron chi connectivity index (χ2n) is 5.02. The van der Waals surface area contributed by atoms with Crippen molar-refractivity contribution >= 4 is 0 Å². The molecular formula is C11H18. The summed E-state index contributed by atoms with van der Waals surface area (Å²) >= 11 is 0. The van der Waals surface area contributed by atoms with Crippen LogP contribution in [0.3, 0.4) is 0 Å². The van der Waals surface area contributed by atoms with Crippen LogP contribution in [0, 0.1) is 23.7 Å². The highest BCUT2D eigenvalue weighted by atomic mass is 14.5. The summed E-state index contributed by atoms with van der Waals surface area (Å²) in [6.07, 6.45) is 11.1. The third-order valence-corrected chi connectivity index (χ3v) is 4.61. The minimum Gasteiger partial charge on any atom is -0.0502 e. The van der Waals surface area contributed by atoms with E-state index < -0.39 is 0 Å². The molecule has 0 N–H and O–H groups in total. The van der Waals surface area contributed by atoms with E-state index in [-0.39, 0.29) is 0 Å². The van der Waals surface area contributed by atoms with Crippen LogP contribution >= 0.6 is 0 Å². The lowest BCUT2D eigenvalue weighted by Crippen LogP contribution is -2.30. The topological polar surface area (TPSA) is 0 Å². The predicted molar refractivity (Wildman–Crippen MR) is 46.3 cm³/mol. The Kier molecular flexibility index (Phi) is 1.33. The molecule has 62 valence electrons. The van der Waals surface area contributed by atoms with Crippen LogP contribution in [-0.2, 0) is 0 Å². The van der Waals surface area contributed by atoms with E-state index in [0.29, 0.717) is 0 Å². The van der Waals surface area contributed by atoms with Gasteiger partial charge in [-0.15, -0.1) is 0 Å². The molecule has 0 saturated heterocycles. The summed E-state index contributed by atoms with van der Waals surface area (Å²) in [4.78, 5) is 0. The number of hydrogen-bond acceptors (Lipinski definition) is 0. The Hall–Kier alpha value is 0. The van der Waals surface area contributed by atoms with Gasteiger partial charge in [-0.05, 0) is 55.8 Å². The third-order valence-electron chi connectivity index (χ3n) is 4.61. The molecule has 4 atom stereocenters. The average molecular weight is 150 g/mol. The first-order valence-corrected chi connectivity index (χ1v) is 5.43. The second kappa shape index (κ2) is 2.24. The summed E-state index contributed by atoms with van der Waals surface area (Å²) in [5.41, 5.74) is 0. The molecular weight excluding hydrogens is 132 g/mol. The Morgan fingerprint density at radius 3 is 2.09 bits per heavy atom. The van der Waals surface area contributed by atoms with Crippen LogP contribution in [0.15, 0.2) is 0 Å². The molecule has 0 spiro atoms. The SMILES string of the molecule is C1CC2CCC2C2CCC1C2. The fraction of sp³-hybridized carbons (Fsp3) is 1.00. The van der Waals surface area contributed by atoms with Crippen molar-refractivity contribution in [2.75, 3.05) is 0 Å². The van der Waals surface area contributed by atoms with Gasteiger partial charge in [0.05, 0.1) is 0 Å². The molecule has 0 radical (unpaired) electrons. The van der Waals surface area contributed by atoms with Crippen molar-refractivity contribution in [3.05, 3.63) is 0 Å². The summed E-state index contributed by atoms with van der Waals surface area (Å²) < 4.78 is 0. The molecule has 11 heavy (non-hydrogen) atoms. The normalized spacial score (nSPS) is 54.5. The summed E-state index contributed by atoms with van der Waals surface area (Å²) in [6, 6.07) is 0. The zero-order valence-corrected chi connectivity index (χ0v) is 7.26. The van der Waals surface area contributed by atoms with Crippen LogP contribution in [0.1, 0.15) is 44.9 Å². The van der Waals surface area contributed by atoms with E-state index in [2.05, 4.69) is 0 Å². The maximum Gasteiger partial charge on any atom is -0.0357 e. The van der Waals surface area contributed by atoms with E-state index in [1.54, 1.807) is 44.9 Å². The lowest BCUT2D eigenvalue weighted by molar-refractivity contribution is 0.106. The minimum absolute atomic E-state index is 1.16. The number of hydrogen-bond donors (Lipinski definition) is 0. The van der Waals surface area contributed by atoms with E-state index in [4.69, 9.17) is 0 Å². The van der Waals surface area contributed by atoms with Gasteiger partial charge in [0.2, 0.25) is 0 Å². The van der Waals surface area contributed by atoms with Crippen LogP contribution < -0.4 is 0 Å². The highest BCUT2D eigenvalue weighted by Crippen LogP contribution is 2.53. The summed E-state index contributed by atoms with van der Waals surface area (Å²) in [7, 11) is 0. The van der Waals surface area contributed by atoms with Crippen molar-refractivity contribution in [2.45, 2.75) is 44.9 Å². The smallest absolute Gasteiger partial charge is 0.0357 e. The van der Waals surface area contributed by atoms with Crippen LogP contribution in [0.5, 0.6) is 0 Å². The first-order valence-electron chi connectivity index (χ1n) is 5.43. The zero-order chi connectivity index (χ0) is 7.26. The van der Waals surface area contributed by atoms with Gasteiger partial charge in [-0.3, -0.25) is 0 Å². The monoisotopic (exact) mass is 150 g/mol. The average Bonchev–Trinajstić information content (AvgIpc) is 2.30. The molecule has 3 saturated carbocycles. The Bertz CT molecular complexity index is 161. The highest BCUT2D eigenvalue weighted by Gasteiger charge is 2.42. The van der Waals surface area contributed by atoms with Gasteiger partial charge >= 0.3 is 0 Å². The van der Waals surface area contributed by atoms with E-state index in [9.17, 15) is 0 Å². The van der Waals surface area contributed by atoms with Crippen molar-refractivity contribution < 1.29 is 0 Å². The van der Waals surface area contributed by atoms with Gasteiger partial charge in [-0.2, -0.15) is 0 Å². The van der Waals surface area contributed by atoms with Crippen molar-refractivity contribution in [1.82, 2.24) is 0 Å². The molecule has 4 unspecified atom stereocenters. The molecule has 0 aliphatic heterocycles. The Morgan fingerprint density at radius 2 is 1.36 bits per heavy atom. The highest BCUT2D eigenvalue weighted by molar-refractivity contribution is 4.93. The Balaban J connectivity index is 1.81. The van der Waals surface area contributed by atoms with Gasteiger partial charge in [-0.1, -0.05) is 12.8 Å².